The first-order valence-corrected chi connectivity index (χ1v) is 21.9. The molecule has 3 rings (SSSR count). The number of benzene rings is 1. The van der Waals surface area contributed by atoms with Crippen LogP contribution in [0.2, 0.25) is 0 Å². The number of aliphatic hydroxyl groups is 1. The van der Waals surface area contributed by atoms with Crippen LogP contribution in [0.4, 0.5) is 0 Å². The van der Waals surface area contributed by atoms with Crippen LogP contribution in [0.5, 0.6) is 0 Å². The summed E-state index contributed by atoms with van der Waals surface area (Å²) in [6.07, 6.45) is 3.41. The van der Waals surface area contributed by atoms with Gasteiger partial charge < -0.3 is 35.0 Å². The molecule has 2 heterocycles. The molecule has 6 amide bonds. The van der Waals surface area contributed by atoms with Crippen molar-refractivity contribution in [3.63, 3.8) is 0 Å². The zero-order valence-corrected chi connectivity index (χ0v) is 38.5. The number of aliphatic hydroxyl groups excluding tert-OH is 1. The highest BCUT2D eigenvalue weighted by molar-refractivity contribution is 6.12. The van der Waals surface area contributed by atoms with E-state index in [9.17, 15) is 38.7 Å². The molecule has 15 nitrogen and oxygen atoms in total. The number of nitrogens with one attached hydrogen (secondary N) is 2. The lowest BCUT2D eigenvalue weighted by atomic mass is 9.82. The van der Waals surface area contributed by atoms with E-state index < -0.39 is 65.4 Å². The standard InChI is InChI=1S/C47H71N5O10/c1-12-30(4)43(50(9)46(60)34(29(2)3)27-38(54)47(7,8)49-39(55)21-17-25-52-40(56)22-23-41(52)57)37(61-10)28-42(58)51-24-16-20-36(51)44(62-11)31(5)45(59)48-35(32(6)53)26-33-18-14-13-15-19-33/h13-15,18-19,22-23,29-31,34-37,43-44,53H,6,12,16-17,20-21,24-28H2,1-5,7-11H3,(H,48,59)(H,49,55)/t30-,31+,34-,35-,36-,37+,43-,44+/m0/s1. The molecule has 2 aliphatic rings. The number of ketones is 1. The Balaban J connectivity index is 1.71. The van der Waals surface area contributed by atoms with Crippen LogP contribution in [0.15, 0.2) is 54.8 Å². The van der Waals surface area contributed by atoms with Gasteiger partial charge in [0, 0.05) is 65.3 Å². The van der Waals surface area contributed by atoms with E-state index in [1.807, 2.05) is 58.0 Å². The molecule has 0 radical (unpaired) electrons. The van der Waals surface area contributed by atoms with Crippen molar-refractivity contribution in [3.8, 4) is 0 Å². The number of hydrogen-bond acceptors (Lipinski definition) is 10. The van der Waals surface area contributed by atoms with Crippen molar-refractivity contribution in [2.24, 2.45) is 23.7 Å². The Labute approximate surface area is 368 Å². The number of Topliss-reactive ketones (excluding diaryl/α,β-unsaturated/α-hetero) is 1. The van der Waals surface area contributed by atoms with Gasteiger partial charge in [0.05, 0.1) is 48.2 Å². The second-order valence-electron chi connectivity index (χ2n) is 17.7. The molecule has 15 heteroatoms. The Morgan fingerprint density at radius 1 is 0.984 bits per heavy atom. The van der Waals surface area contributed by atoms with Gasteiger partial charge in [0.15, 0.2) is 5.78 Å². The zero-order valence-electron chi connectivity index (χ0n) is 38.5. The van der Waals surface area contributed by atoms with Gasteiger partial charge in [0.1, 0.15) is 5.76 Å². The van der Waals surface area contributed by atoms with Crippen LogP contribution >= 0.6 is 0 Å². The van der Waals surface area contributed by atoms with Gasteiger partial charge >= 0.3 is 0 Å². The number of ether oxygens (including phenoxy) is 2. The van der Waals surface area contributed by atoms with Gasteiger partial charge in [-0.25, -0.2) is 0 Å². The fourth-order valence-corrected chi connectivity index (χ4v) is 8.57. The Hall–Kier alpha value is -4.89. The highest BCUT2D eigenvalue weighted by Gasteiger charge is 2.44. The maximum atomic E-state index is 14.4. The van der Waals surface area contributed by atoms with E-state index >= 15 is 0 Å². The van der Waals surface area contributed by atoms with E-state index in [4.69, 9.17) is 9.47 Å². The molecule has 1 aromatic carbocycles. The molecule has 2 aliphatic heterocycles. The summed E-state index contributed by atoms with van der Waals surface area (Å²) >= 11 is 0. The third-order valence-corrected chi connectivity index (χ3v) is 12.6. The monoisotopic (exact) mass is 866 g/mol. The quantitative estimate of drug-likeness (QED) is 0.0930. The predicted molar refractivity (Wildman–Crippen MR) is 235 cm³/mol. The summed E-state index contributed by atoms with van der Waals surface area (Å²) in [5, 5.41) is 16.0. The van der Waals surface area contributed by atoms with E-state index in [1.165, 1.54) is 26.4 Å². The van der Waals surface area contributed by atoms with Crippen molar-refractivity contribution in [1.29, 1.82) is 0 Å². The Kier molecular flexibility index (Phi) is 19.5. The number of carbonyl (C=O) groups excluding carboxylic acids is 7. The maximum Gasteiger partial charge on any atom is 0.253 e. The van der Waals surface area contributed by atoms with Gasteiger partial charge in [-0.2, -0.15) is 0 Å². The van der Waals surface area contributed by atoms with Crippen molar-refractivity contribution in [2.75, 3.05) is 34.4 Å². The molecule has 1 fully saturated rings. The number of likely N-dealkylation sites (N-methyl/N-ethyl adjacent to an activating group) is 1. The van der Waals surface area contributed by atoms with Crippen molar-refractivity contribution < 1.29 is 48.1 Å². The molecular weight excluding hydrogens is 795 g/mol. The average Bonchev–Trinajstić information content (AvgIpc) is 3.84. The minimum atomic E-state index is -1.30. The number of imide groups is 1. The molecule has 0 saturated carbocycles. The third kappa shape index (κ3) is 13.6. The predicted octanol–water partition coefficient (Wildman–Crippen LogP) is 4.54. The van der Waals surface area contributed by atoms with Crippen LogP contribution in [-0.4, -0.2) is 131 Å². The first kappa shape index (κ1) is 51.5. The van der Waals surface area contributed by atoms with Crippen LogP contribution in [0, 0.1) is 23.7 Å². The molecule has 3 N–H and O–H groups in total. The van der Waals surface area contributed by atoms with E-state index in [0.717, 1.165) is 10.5 Å². The summed E-state index contributed by atoms with van der Waals surface area (Å²) in [5.41, 5.74) is -0.380. The summed E-state index contributed by atoms with van der Waals surface area (Å²) in [5.74, 6) is -4.35. The summed E-state index contributed by atoms with van der Waals surface area (Å²) in [4.78, 5) is 97.2. The van der Waals surface area contributed by atoms with E-state index in [0.29, 0.717) is 32.2 Å². The van der Waals surface area contributed by atoms with Gasteiger partial charge in [-0.15, -0.1) is 0 Å². The molecule has 0 bridgehead atoms. The van der Waals surface area contributed by atoms with Gasteiger partial charge in [0.25, 0.3) is 11.8 Å². The van der Waals surface area contributed by atoms with E-state index in [-0.39, 0.29) is 73.3 Å². The Bertz CT molecular complexity index is 1760. The number of hydrogen-bond donors (Lipinski definition) is 3. The smallest absolute Gasteiger partial charge is 0.253 e. The van der Waals surface area contributed by atoms with Crippen molar-refractivity contribution in [3.05, 3.63) is 60.4 Å². The highest BCUT2D eigenvalue weighted by Crippen LogP contribution is 2.31. The van der Waals surface area contributed by atoms with Gasteiger partial charge in [-0.05, 0) is 56.9 Å². The lowest BCUT2D eigenvalue weighted by Gasteiger charge is -2.41. The van der Waals surface area contributed by atoms with Crippen LogP contribution in [-0.2, 0) is 49.5 Å². The molecule has 0 spiro atoms. The molecule has 344 valence electrons. The van der Waals surface area contributed by atoms with Crippen LogP contribution in [0.3, 0.4) is 0 Å². The minimum Gasteiger partial charge on any atom is -0.511 e. The molecule has 0 aliphatic carbocycles. The fraction of sp³-hybridized carbons (Fsp3) is 0.638. The first-order chi connectivity index (χ1) is 29.2. The lowest BCUT2D eigenvalue weighted by Crippen LogP contribution is -2.55. The van der Waals surface area contributed by atoms with E-state index in [2.05, 4.69) is 17.2 Å². The summed E-state index contributed by atoms with van der Waals surface area (Å²) in [7, 11) is 4.72. The third-order valence-electron chi connectivity index (χ3n) is 12.6. The number of carbonyl (C=O) groups is 7. The van der Waals surface area contributed by atoms with Crippen LogP contribution in [0.25, 0.3) is 0 Å². The highest BCUT2D eigenvalue weighted by atomic mass is 16.5. The number of methoxy groups -OCH3 is 2. The Morgan fingerprint density at radius 3 is 2.16 bits per heavy atom. The number of nitrogens with zero attached hydrogens (tertiary/aromatic N) is 3. The number of likely N-dealkylation sites (tertiary alicyclic amines) is 1. The van der Waals surface area contributed by atoms with Gasteiger partial charge in [-0.1, -0.05) is 78.0 Å². The molecule has 1 aromatic rings. The van der Waals surface area contributed by atoms with Crippen molar-refractivity contribution in [1.82, 2.24) is 25.3 Å². The van der Waals surface area contributed by atoms with Crippen LogP contribution in [0.1, 0.15) is 99.0 Å². The van der Waals surface area contributed by atoms with Crippen molar-refractivity contribution in [2.45, 2.75) is 136 Å². The second kappa shape index (κ2) is 23.5. The largest absolute Gasteiger partial charge is 0.511 e. The summed E-state index contributed by atoms with van der Waals surface area (Å²) < 4.78 is 12.0. The SMILES string of the molecule is C=C(O)[C@H](Cc1ccccc1)NC(=O)[C@H](C)[C@@H](OC)[C@@H]1CCCN1C(=O)C[C@@H](OC)[C@H]([C@@H](C)CC)N(C)C(=O)[C@@H](CC(=O)C(C)(C)NC(=O)CCCN1C(=O)C=CC1=O)C(C)C. The molecule has 8 atom stereocenters. The molecule has 0 unspecified atom stereocenters. The first-order valence-electron chi connectivity index (χ1n) is 21.9. The average molecular weight is 866 g/mol. The number of amides is 6. The topological polar surface area (TPSA) is 192 Å². The Morgan fingerprint density at radius 2 is 1.61 bits per heavy atom. The van der Waals surface area contributed by atoms with E-state index in [1.54, 1.807) is 37.6 Å². The van der Waals surface area contributed by atoms with Gasteiger partial charge in [-0.3, -0.25) is 38.5 Å². The van der Waals surface area contributed by atoms with Crippen LogP contribution < -0.4 is 10.6 Å². The number of rotatable bonds is 25. The van der Waals surface area contributed by atoms with Gasteiger partial charge in [0.2, 0.25) is 23.6 Å². The molecule has 0 aromatic heterocycles. The minimum absolute atomic E-state index is 0.00779. The fourth-order valence-electron chi connectivity index (χ4n) is 8.57. The maximum absolute atomic E-state index is 14.4. The lowest BCUT2D eigenvalue weighted by molar-refractivity contribution is -0.149. The zero-order chi connectivity index (χ0) is 46.5. The molecule has 1 saturated heterocycles. The summed E-state index contributed by atoms with van der Waals surface area (Å²) in [6, 6.07) is 7.81. The second-order valence-corrected chi connectivity index (χ2v) is 17.7. The molecular formula is C47H71N5O10. The van der Waals surface area contributed by atoms with Crippen molar-refractivity contribution >= 4 is 41.2 Å². The normalized spacial score (nSPS) is 18.8. The summed E-state index contributed by atoms with van der Waals surface area (Å²) in [6.45, 7) is 16.9. The molecule has 62 heavy (non-hydrogen) atoms.